The van der Waals surface area contributed by atoms with Gasteiger partial charge in [0, 0.05) is 51.8 Å². The SMILES string of the molecule is CN(CC1CCN(CC2CCOC2)CC1)C(=O)C1=CN(C)C(O)c2[nH]ccc21. The molecule has 0 saturated carbocycles. The van der Waals surface area contributed by atoms with Crippen LogP contribution in [0, 0.1) is 11.8 Å². The summed E-state index contributed by atoms with van der Waals surface area (Å²) in [6, 6.07) is 1.87. The number of hydrogen-bond acceptors (Lipinski definition) is 5. The molecular formula is C21H32N4O3. The third kappa shape index (κ3) is 3.97. The first-order valence-corrected chi connectivity index (χ1v) is 10.4. The van der Waals surface area contributed by atoms with Crippen LogP contribution in [0.25, 0.3) is 5.57 Å². The number of carbonyl (C=O) groups excluding carboxylic acids is 1. The van der Waals surface area contributed by atoms with Gasteiger partial charge in [-0.2, -0.15) is 0 Å². The number of ether oxygens (including phenoxy) is 1. The number of rotatable bonds is 5. The Morgan fingerprint density at radius 2 is 2.11 bits per heavy atom. The van der Waals surface area contributed by atoms with Crippen LogP contribution in [0.3, 0.4) is 0 Å². The third-order valence-electron chi connectivity index (χ3n) is 6.40. The maximum Gasteiger partial charge on any atom is 0.255 e. The van der Waals surface area contributed by atoms with E-state index in [0.29, 0.717) is 23.1 Å². The van der Waals surface area contributed by atoms with Crippen molar-refractivity contribution in [2.75, 3.05) is 53.5 Å². The van der Waals surface area contributed by atoms with Crippen LogP contribution in [0.15, 0.2) is 18.5 Å². The number of aromatic amines is 1. The highest BCUT2D eigenvalue weighted by Crippen LogP contribution is 2.32. The summed E-state index contributed by atoms with van der Waals surface area (Å²) in [7, 11) is 3.68. The molecule has 2 saturated heterocycles. The molecule has 0 aliphatic carbocycles. The van der Waals surface area contributed by atoms with Gasteiger partial charge in [-0.1, -0.05) is 0 Å². The molecule has 4 rings (SSSR count). The lowest BCUT2D eigenvalue weighted by atomic mass is 9.94. The summed E-state index contributed by atoms with van der Waals surface area (Å²) < 4.78 is 5.49. The zero-order valence-corrected chi connectivity index (χ0v) is 16.9. The van der Waals surface area contributed by atoms with Gasteiger partial charge in [0.2, 0.25) is 0 Å². The summed E-state index contributed by atoms with van der Waals surface area (Å²) in [5, 5.41) is 10.3. The Labute approximate surface area is 166 Å². The smallest absolute Gasteiger partial charge is 0.255 e. The van der Waals surface area contributed by atoms with E-state index >= 15 is 0 Å². The number of piperidine rings is 1. The minimum absolute atomic E-state index is 0.0186. The molecule has 2 unspecified atom stereocenters. The predicted molar refractivity (Wildman–Crippen MR) is 107 cm³/mol. The van der Waals surface area contributed by atoms with Crippen LogP contribution in [-0.2, 0) is 9.53 Å². The van der Waals surface area contributed by atoms with E-state index in [4.69, 9.17) is 4.74 Å². The highest BCUT2D eigenvalue weighted by atomic mass is 16.5. The van der Waals surface area contributed by atoms with Crippen LogP contribution in [-0.4, -0.2) is 84.2 Å². The van der Waals surface area contributed by atoms with Crippen LogP contribution in [0.5, 0.6) is 0 Å². The van der Waals surface area contributed by atoms with Gasteiger partial charge >= 0.3 is 0 Å². The lowest BCUT2D eigenvalue weighted by Gasteiger charge is -2.35. The van der Waals surface area contributed by atoms with Gasteiger partial charge in [-0.15, -0.1) is 0 Å². The molecule has 0 radical (unpaired) electrons. The molecule has 7 heteroatoms. The maximum atomic E-state index is 13.1. The Morgan fingerprint density at radius 3 is 2.82 bits per heavy atom. The molecular weight excluding hydrogens is 356 g/mol. The van der Waals surface area contributed by atoms with E-state index in [1.807, 2.05) is 18.0 Å². The second-order valence-electron chi connectivity index (χ2n) is 8.55. The second-order valence-corrected chi connectivity index (χ2v) is 8.55. The van der Waals surface area contributed by atoms with Crippen LogP contribution < -0.4 is 0 Å². The van der Waals surface area contributed by atoms with E-state index in [2.05, 4.69) is 9.88 Å². The first-order chi connectivity index (χ1) is 13.5. The van der Waals surface area contributed by atoms with Crippen molar-refractivity contribution in [1.29, 1.82) is 0 Å². The Balaban J connectivity index is 1.31. The molecule has 0 bridgehead atoms. The summed E-state index contributed by atoms with van der Waals surface area (Å²) in [4.78, 5) is 22.2. The summed E-state index contributed by atoms with van der Waals surface area (Å²) in [6.45, 7) is 5.99. The molecule has 2 atom stereocenters. The average molecular weight is 389 g/mol. The molecule has 3 aliphatic rings. The molecule has 4 heterocycles. The van der Waals surface area contributed by atoms with E-state index in [9.17, 15) is 9.90 Å². The molecule has 0 aromatic carbocycles. The summed E-state index contributed by atoms with van der Waals surface area (Å²) in [5.74, 6) is 1.26. The van der Waals surface area contributed by atoms with Gasteiger partial charge in [0.15, 0.2) is 6.23 Å². The summed E-state index contributed by atoms with van der Waals surface area (Å²) in [6.07, 6.45) is 6.26. The van der Waals surface area contributed by atoms with Gasteiger partial charge in [0.05, 0.1) is 17.9 Å². The number of likely N-dealkylation sites (N-methyl/N-ethyl adjacent to an activating group) is 1. The molecule has 2 fully saturated rings. The number of likely N-dealkylation sites (tertiary alicyclic amines) is 1. The number of nitrogens with one attached hydrogen (secondary N) is 1. The first kappa shape index (κ1) is 19.5. The van der Waals surface area contributed by atoms with Gasteiger partial charge in [-0.3, -0.25) is 4.79 Å². The van der Waals surface area contributed by atoms with E-state index in [0.717, 1.165) is 57.8 Å². The van der Waals surface area contributed by atoms with Crippen molar-refractivity contribution in [2.45, 2.75) is 25.5 Å². The quantitative estimate of drug-likeness (QED) is 0.800. The summed E-state index contributed by atoms with van der Waals surface area (Å²) >= 11 is 0. The number of hydrogen-bond donors (Lipinski definition) is 2. The molecule has 154 valence electrons. The normalized spacial score (nSPS) is 26.2. The van der Waals surface area contributed by atoms with Gasteiger partial charge in [0.1, 0.15) is 0 Å². The monoisotopic (exact) mass is 388 g/mol. The minimum atomic E-state index is -0.735. The van der Waals surface area contributed by atoms with E-state index in [1.165, 1.54) is 6.42 Å². The number of carbonyl (C=O) groups is 1. The molecule has 2 N–H and O–H groups in total. The van der Waals surface area contributed by atoms with Crippen molar-refractivity contribution in [3.8, 4) is 0 Å². The van der Waals surface area contributed by atoms with Crippen molar-refractivity contribution in [3.05, 3.63) is 29.7 Å². The van der Waals surface area contributed by atoms with E-state index in [-0.39, 0.29) is 5.91 Å². The Kier molecular flexibility index (Phi) is 5.75. The molecule has 28 heavy (non-hydrogen) atoms. The zero-order chi connectivity index (χ0) is 19.7. The van der Waals surface area contributed by atoms with Crippen molar-refractivity contribution < 1.29 is 14.6 Å². The topological polar surface area (TPSA) is 72.0 Å². The number of aromatic nitrogens is 1. The number of nitrogens with zero attached hydrogens (tertiary/aromatic N) is 3. The second kappa shape index (κ2) is 8.27. The molecule has 3 aliphatic heterocycles. The van der Waals surface area contributed by atoms with Crippen LogP contribution in [0.2, 0.25) is 0 Å². The fraction of sp³-hybridized carbons (Fsp3) is 0.667. The molecule has 1 aromatic heterocycles. The molecule has 1 aromatic rings. The molecule has 7 nitrogen and oxygen atoms in total. The van der Waals surface area contributed by atoms with Crippen LogP contribution >= 0.6 is 0 Å². The summed E-state index contributed by atoms with van der Waals surface area (Å²) in [5.41, 5.74) is 2.13. The Morgan fingerprint density at radius 1 is 1.32 bits per heavy atom. The zero-order valence-electron chi connectivity index (χ0n) is 16.9. The largest absolute Gasteiger partial charge is 0.381 e. The minimum Gasteiger partial charge on any atom is -0.381 e. The fourth-order valence-corrected chi connectivity index (χ4v) is 4.67. The van der Waals surface area contributed by atoms with E-state index < -0.39 is 6.23 Å². The third-order valence-corrected chi connectivity index (χ3v) is 6.40. The van der Waals surface area contributed by atoms with Gasteiger partial charge in [-0.05, 0) is 50.3 Å². The lowest BCUT2D eigenvalue weighted by molar-refractivity contribution is -0.124. The standard InChI is InChI=1S/C21H32N4O3/c1-23(11-15-4-8-25(9-5-15)12-16-6-10-28-14-16)20(26)18-13-24(2)21(27)19-17(18)3-7-22-19/h3,7,13,15-16,21-22,27H,4-6,8-12,14H2,1-2H3. The predicted octanol–water partition coefficient (Wildman–Crippen LogP) is 1.50. The highest BCUT2D eigenvalue weighted by molar-refractivity contribution is 6.19. The molecule has 0 spiro atoms. The number of aliphatic hydroxyl groups is 1. The van der Waals surface area contributed by atoms with Gasteiger partial charge in [-0.25, -0.2) is 0 Å². The van der Waals surface area contributed by atoms with Crippen molar-refractivity contribution in [3.63, 3.8) is 0 Å². The first-order valence-electron chi connectivity index (χ1n) is 10.4. The average Bonchev–Trinajstić information content (AvgIpc) is 3.38. The van der Waals surface area contributed by atoms with Crippen molar-refractivity contribution in [1.82, 2.24) is 19.7 Å². The number of amides is 1. The van der Waals surface area contributed by atoms with E-state index in [1.54, 1.807) is 24.3 Å². The Hall–Kier alpha value is -1.83. The van der Waals surface area contributed by atoms with Crippen LogP contribution in [0.4, 0.5) is 0 Å². The maximum absolute atomic E-state index is 13.1. The lowest BCUT2D eigenvalue weighted by Crippen LogP contribution is -2.41. The number of fused-ring (bicyclic) bond motifs is 1. The number of aliphatic hydroxyl groups excluding tert-OH is 1. The van der Waals surface area contributed by atoms with Crippen molar-refractivity contribution >= 4 is 11.5 Å². The van der Waals surface area contributed by atoms with Crippen LogP contribution in [0.1, 0.15) is 36.7 Å². The fourth-order valence-electron chi connectivity index (χ4n) is 4.67. The Bertz CT molecular complexity index is 717. The molecule has 1 amide bonds. The van der Waals surface area contributed by atoms with Gasteiger partial charge < -0.3 is 29.5 Å². The highest BCUT2D eigenvalue weighted by Gasteiger charge is 2.31. The number of H-pyrrole nitrogens is 1. The van der Waals surface area contributed by atoms with Gasteiger partial charge in [0.25, 0.3) is 5.91 Å². The van der Waals surface area contributed by atoms with Crippen molar-refractivity contribution in [2.24, 2.45) is 11.8 Å².